The minimum atomic E-state index is 0.419. The summed E-state index contributed by atoms with van der Waals surface area (Å²) >= 11 is 1.79. The smallest absolute Gasteiger partial charge is 0.00446 e. The van der Waals surface area contributed by atoms with Crippen LogP contribution in [0.3, 0.4) is 0 Å². The van der Waals surface area contributed by atoms with Gasteiger partial charge in [-0.1, -0.05) is 32.1 Å². The molecule has 0 radical (unpaired) electrons. The Morgan fingerprint density at radius 2 is 2.12 bits per heavy atom. The fourth-order valence-electron chi connectivity index (χ4n) is 2.76. The Morgan fingerprint density at radius 3 is 2.81 bits per heavy atom. The lowest BCUT2D eigenvalue weighted by Gasteiger charge is -2.24. The second-order valence-corrected chi connectivity index (χ2v) is 5.95. The number of hydrogen-bond donors (Lipinski definition) is 1. The topological polar surface area (TPSA) is 26.0 Å². The Hall–Kier alpha value is -0.340. The van der Waals surface area contributed by atoms with Gasteiger partial charge >= 0.3 is 0 Å². The van der Waals surface area contributed by atoms with E-state index in [9.17, 15) is 0 Å². The summed E-state index contributed by atoms with van der Waals surface area (Å²) < 4.78 is 0. The van der Waals surface area contributed by atoms with Gasteiger partial charge in [-0.05, 0) is 47.6 Å². The summed E-state index contributed by atoms with van der Waals surface area (Å²) in [6.07, 6.45) is 10.7. The Kier molecular flexibility index (Phi) is 4.86. The Balaban J connectivity index is 1.65. The molecule has 1 aliphatic carbocycles. The zero-order valence-corrected chi connectivity index (χ0v) is 10.8. The van der Waals surface area contributed by atoms with Crippen LogP contribution in [0, 0.1) is 5.92 Å². The first kappa shape index (κ1) is 12.1. The van der Waals surface area contributed by atoms with Crippen molar-refractivity contribution in [3.8, 4) is 0 Å². The van der Waals surface area contributed by atoms with Crippen molar-refractivity contribution in [1.29, 1.82) is 0 Å². The average molecular weight is 237 g/mol. The van der Waals surface area contributed by atoms with E-state index in [1.807, 2.05) is 0 Å². The molecule has 0 saturated heterocycles. The van der Waals surface area contributed by atoms with Crippen molar-refractivity contribution in [2.24, 2.45) is 11.7 Å². The standard InChI is InChI=1S/C14H23NS/c15-14(7-6-13-8-9-16-11-13)10-12-4-2-1-3-5-12/h8-9,11-12,14H,1-7,10,15H2. The largest absolute Gasteiger partial charge is 0.328 e. The molecule has 0 aromatic carbocycles. The molecule has 2 rings (SSSR count). The fourth-order valence-corrected chi connectivity index (χ4v) is 3.46. The molecule has 1 nitrogen and oxygen atoms in total. The number of nitrogens with two attached hydrogens (primary N) is 1. The predicted octanol–water partition coefficient (Wildman–Crippen LogP) is 3.98. The van der Waals surface area contributed by atoms with Crippen LogP contribution in [-0.4, -0.2) is 6.04 Å². The van der Waals surface area contributed by atoms with Crippen molar-refractivity contribution in [1.82, 2.24) is 0 Å². The van der Waals surface area contributed by atoms with E-state index < -0.39 is 0 Å². The van der Waals surface area contributed by atoms with E-state index in [0.717, 1.165) is 18.8 Å². The third kappa shape index (κ3) is 3.91. The lowest BCUT2D eigenvalue weighted by atomic mass is 9.84. The highest BCUT2D eigenvalue weighted by molar-refractivity contribution is 7.07. The minimum Gasteiger partial charge on any atom is -0.328 e. The molecule has 0 bridgehead atoms. The van der Waals surface area contributed by atoms with E-state index >= 15 is 0 Å². The first-order chi connectivity index (χ1) is 7.84. The Morgan fingerprint density at radius 1 is 1.31 bits per heavy atom. The van der Waals surface area contributed by atoms with Gasteiger partial charge in [-0.15, -0.1) is 0 Å². The van der Waals surface area contributed by atoms with Crippen LogP contribution in [0.2, 0.25) is 0 Å². The molecule has 1 aliphatic rings. The van der Waals surface area contributed by atoms with E-state index in [0.29, 0.717) is 6.04 Å². The first-order valence-corrected chi connectivity index (χ1v) is 7.55. The minimum absolute atomic E-state index is 0.419. The van der Waals surface area contributed by atoms with Gasteiger partial charge in [-0.2, -0.15) is 11.3 Å². The lowest BCUT2D eigenvalue weighted by Crippen LogP contribution is -2.25. The van der Waals surface area contributed by atoms with Gasteiger partial charge in [0.1, 0.15) is 0 Å². The van der Waals surface area contributed by atoms with Crippen molar-refractivity contribution in [2.75, 3.05) is 0 Å². The zero-order valence-electron chi connectivity index (χ0n) is 10.0. The van der Waals surface area contributed by atoms with Gasteiger partial charge in [0.2, 0.25) is 0 Å². The molecule has 1 atom stereocenters. The highest BCUT2D eigenvalue weighted by atomic mass is 32.1. The number of hydrogen-bond acceptors (Lipinski definition) is 2. The van der Waals surface area contributed by atoms with Crippen molar-refractivity contribution in [3.63, 3.8) is 0 Å². The molecule has 16 heavy (non-hydrogen) atoms. The van der Waals surface area contributed by atoms with Crippen LogP contribution in [-0.2, 0) is 6.42 Å². The fraction of sp³-hybridized carbons (Fsp3) is 0.714. The van der Waals surface area contributed by atoms with Crippen LogP contribution in [0.25, 0.3) is 0 Å². The maximum absolute atomic E-state index is 6.22. The summed E-state index contributed by atoms with van der Waals surface area (Å²) in [5.41, 5.74) is 7.69. The van der Waals surface area contributed by atoms with Crippen molar-refractivity contribution in [2.45, 2.75) is 57.4 Å². The van der Waals surface area contributed by atoms with Crippen LogP contribution in [0.4, 0.5) is 0 Å². The number of rotatable bonds is 5. The molecule has 2 heteroatoms. The Bertz CT molecular complexity index is 275. The van der Waals surface area contributed by atoms with Crippen molar-refractivity contribution in [3.05, 3.63) is 22.4 Å². The molecule has 90 valence electrons. The lowest BCUT2D eigenvalue weighted by molar-refractivity contribution is 0.312. The van der Waals surface area contributed by atoms with Gasteiger partial charge in [0.25, 0.3) is 0 Å². The second kappa shape index (κ2) is 6.41. The summed E-state index contributed by atoms with van der Waals surface area (Å²) in [7, 11) is 0. The molecule has 1 aromatic rings. The van der Waals surface area contributed by atoms with Crippen LogP contribution < -0.4 is 5.73 Å². The molecule has 0 amide bonds. The number of aryl methyl sites for hydroxylation is 1. The van der Waals surface area contributed by atoms with E-state index in [4.69, 9.17) is 5.73 Å². The summed E-state index contributed by atoms with van der Waals surface area (Å²) in [6.45, 7) is 0. The molecule has 1 aromatic heterocycles. The highest BCUT2D eigenvalue weighted by Crippen LogP contribution is 2.27. The maximum Gasteiger partial charge on any atom is 0.00446 e. The van der Waals surface area contributed by atoms with Crippen LogP contribution in [0.5, 0.6) is 0 Å². The summed E-state index contributed by atoms with van der Waals surface area (Å²) in [5, 5.41) is 4.40. The third-order valence-electron chi connectivity index (χ3n) is 3.74. The van der Waals surface area contributed by atoms with E-state index in [2.05, 4.69) is 16.8 Å². The Labute approximate surface area is 103 Å². The normalized spacial score (nSPS) is 19.8. The van der Waals surface area contributed by atoms with Gasteiger partial charge in [-0.3, -0.25) is 0 Å². The highest BCUT2D eigenvalue weighted by Gasteiger charge is 2.16. The SMILES string of the molecule is NC(CCc1ccsc1)CC1CCCCC1. The molecule has 0 aliphatic heterocycles. The van der Waals surface area contributed by atoms with Crippen molar-refractivity contribution >= 4 is 11.3 Å². The molecular formula is C14H23NS. The predicted molar refractivity (Wildman–Crippen MR) is 71.8 cm³/mol. The van der Waals surface area contributed by atoms with Gasteiger partial charge in [0.05, 0.1) is 0 Å². The molecule has 1 heterocycles. The van der Waals surface area contributed by atoms with E-state index in [1.54, 1.807) is 11.3 Å². The van der Waals surface area contributed by atoms with E-state index in [-0.39, 0.29) is 0 Å². The van der Waals surface area contributed by atoms with E-state index in [1.165, 1.54) is 44.1 Å². The quantitative estimate of drug-likeness (QED) is 0.823. The average Bonchev–Trinajstić information content (AvgIpc) is 2.81. The summed E-state index contributed by atoms with van der Waals surface area (Å²) in [6, 6.07) is 2.64. The van der Waals surface area contributed by atoms with Gasteiger partial charge in [0, 0.05) is 6.04 Å². The van der Waals surface area contributed by atoms with Gasteiger partial charge < -0.3 is 5.73 Å². The maximum atomic E-state index is 6.22. The third-order valence-corrected chi connectivity index (χ3v) is 4.48. The van der Waals surface area contributed by atoms with Gasteiger partial charge in [0.15, 0.2) is 0 Å². The summed E-state index contributed by atoms with van der Waals surface area (Å²) in [5.74, 6) is 0.922. The molecule has 1 fully saturated rings. The molecular weight excluding hydrogens is 214 g/mol. The van der Waals surface area contributed by atoms with Crippen LogP contribution in [0.15, 0.2) is 16.8 Å². The monoisotopic (exact) mass is 237 g/mol. The number of thiophene rings is 1. The molecule has 2 N–H and O–H groups in total. The zero-order chi connectivity index (χ0) is 11.2. The second-order valence-electron chi connectivity index (χ2n) is 5.17. The summed E-state index contributed by atoms with van der Waals surface area (Å²) in [4.78, 5) is 0. The van der Waals surface area contributed by atoms with Crippen LogP contribution in [0.1, 0.15) is 50.5 Å². The molecule has 1 unspecified atom stereocenters. The first-order valence-electron chi connectivity index (χ1n) is 6.61. The molecule has 1 saturated carbocycles. The van der Waals surface area contributed by atoms with Crippen LogP contribution >= 0.6 is 11.3 Å². The van der Waals surface area contributed by atoms with Crippen molar-refractivity contribution < 1.29 is 0 Å². The molecule has 0 spiro atoms. The van der Waals surface area contributed by atoms with Gasteiger partial charge in [-0.25, -0.2) is 0 Å².